The van der Waals surface area contributed by atoms with E-state index in [0.717, 1.165) is 0 Å². The lowest BCUT2D eigenvalue weighted by molar-refractivity contribution is 0.102. The molecule has 0 bridgehead atoms. The molecule has 0 aliphatic heterocycles. The van der Waals surface area contributed by atoms with Crippen molar-refractivity contribution in [1.29, 1.82) is 0 Å². The summed E-state index contributed by atoms with van der Waals surface area (Å²) in [5.41, 5.74) is 1.10. The summed E-state index contributed by atoms with van der Waals surface area (Å²) < 4.78 is 16.0. The molecule has 1 amide bonds. The Labute approximate surface area is 140 Å². The van der Waals surface area contributed by atoms with Gasteiger partial charge in [0.1, 0.15) is 5.82 Å². The monoisotopic (exact) mass is 374 g/mol. The molecule has 0 saturated carbocycles. The van der Waals surface area contributed by atoms with Gasteiger partial charge in [0.05, 0.1) is 23.1 Å². The summed E-state index contributed by atoms with van der Waals surface area (Å²) in [6, 6.07) is 9.86. The third-order valence-electron chi connectivity index (χ3n) is 3.30. The van der Waals surface area contributed by atoms with E-state index in [2.05, 4.69) is 31.3 Å². The fraction of sp³-hybridized carbons (Fsp3) is 0.0625. The molecule has 0 aliphatic rings. The van der Waals surface area contributed by atoms with E-state index in [1.807, 2.05) is 6.07 Å². The van der Waals surface area contributed by atoms with E-state index in [4.69, 9.17) is 0 Å². The molecule has 0 atom stereocenters. The van der Waals surface area contributed by atoms with Crippen molar-refractivity contribution in [2.75, 3.05) is 5.32 Å². The lowest BCUT2D eigenvalue weighted by Crippen LogP contribution is -2.14. The number of pyridine rings is 1. The topological polar surface area (TPSA) is 59.8 Å². The van der Waals surface area contributed by atoms with Crippen molar-refractivity contribution >= 4 is 27.5 Å². The quantitative estimate of drug-likeness (QED) is 0.759. The first-order valence-electron chi connectivity index (χ1n) is 6.78. The van der Waals surface area contributed by atoms with Gasteiger partial charge in [0.2, 0.25) is 0 Å². The highest BCUT2D eigenvalue weighted by atomic mass is 79.9. The number of nitrogens with one attached hydrogen (secondary N) is 1. The number of anilines is 1. The summed E-state index contributed by atoms with van der Waals surface area (Å²) in [6.45, 7) is 1.76. The standard InChI is InChI=1S/C16H12BrFN4O/c1-10-12(9-20-22(10)15-4-2-3-7-19-15)16(23)21-14-6-5-11(17)8-13(14)18/h2-9H,1H3,(H,21,23). The molecule has 7 heteroatoms. The smallest absolute Gasteiger partial charge is 0.259 e. The highest BCUT2D eigenvalue weighted by Gasteiger charge is 2.17. The van der Waals surface area contributed by atoms with Crippen molar-refractivity contribution < 1.29 is 9.18 Å². The van der Waals surface area contributed by atoms with Crippen LogP contribution in [-0.2, 0) is 0 Å². The second-order valence-electron chi connectivity index (χ2n) is 4.82. The van der Waals surface area contributed by atoms with Gasteiger partial charge in [0, 0.05) is 10.7 Å². The van der Waals surface area contributed by atoms with Crippen LogP contribution in [0.4, 0.5) is 10.1 Å². The summed E-state index contributed by atoms with van der Waals surface area (Å²) in [6.07, 6.45) is 3.09. The number of hydrogen-bond acceptors (Lipinski definition) is 3. The zero-order valence-corrected chi connectivity index (χ0v) is 13.7. The first-order chi connectivity index (χ1) is 11.1. The molecule has 3 rings (SSSR count). The summed E-state index contributed by atoms with van der Waals surface area (Å²) in [7, 11) is 0. The SMILES string of the molecule is Cc1c(C(=O)Nc2ccc(Br)cc2F)cnn1-c1ccccn1. The van der Waals surface area contributed by atoms with Gasteiger partial charge in [-0.1, -0.05) is 22.0 Å². The van der Waals surface area contributed by atoms with Crippen molar-refractivity contribution in [2.45, 2.75) is 6.92 Å². The van der Waals surface area contributed by atoms with Crippen LogP contribution in [0, 0.1) is 12.7 Å². The van der Waals surface area contributed by atoms with Gasteiger partial charge in [-0.05, 0) is 37.3 Å². The predicted molar refractivity (Wildman–Crippen MR) is 88.1 cm³/mol. The van der Waals surface area contributed by atoms with Gasteiger partial charge in [-0.15, -0.1) is 0 Å². The number of halogens is 2. The summed E-state index contributed by atoms with van der Waals surface area (Å²) in [5.74, 6) is -0.327. The molecular formula is C16H12BrFN4O. The molecule has 5 nitrogen and oxygen atoms in total. The number of carbonyl (C=O) groups is 1. The largest absolute Gasteiger partial charge is 0.319 e. The van der Waals surface area contributed by atoms with Crippen molar-refractivity contribution in [3.63, 3.8) is 0 Å². The average Bonchev–Trinajstić information content (AvgIpc) is 2.92. The van der Waals surface area contributed by atoms with E-state index in [1.54, 1.807) is 36.0 Å². The molecule has 0 saturated heterocycles. The molecular weight excluding hydrogens is 363 g/mol. The van der Waals surface area contributed by atoms with E-state index < -0.39 is 11.7 Å². The van der Waals surface area contributed by atoms with Gasteiger partial charge < -0.3 is 5.32 Å². The Hall–Kier alpha value is -2.54. The number of nitrogens with zero attached hydrogens (tertiary/aromatic N) is 3. The van der Waals surface area contributed by atoms with Gasteiger partial charge in [-0.2, -0.15) is 5.10 Å². The Balaban J connectivity index is 1.88. The molecule has 0 fully saturated rings. The summed E-state index contributed by atoms with van der Waals surface area (Å²) in [5, 5.41) is 6.73. The van der Waals surface area contributed by atoms with Crippen LogP contribution in [0.2, 0.25) is 0 Å². The molecule has 0 unspecified atom stereocenters. The molecule has 2 heterocycles. The Morgan fingerprint density at radius 2 is 2.13 bits per heavy atom. The van der Waals surface area contributed by atoms with Gasteiger partial charge in [0.15, 0.2) is 5.82 Å². The van der Waals surface area contributed by atoms with Crippen LogP contribution in [0.1, 0.15) is 16.1 Å². The van der Waals surface area contributed by atoms with Gasteiger partial charge in [0.25, 0.3) is 5.91 Å². The van der Waals surface area contributed by atoms with Crippen molar-refractivity contribution in [2.24, 2.45) is 0 Å². The number of rotatable bonds is 3. The molecule has 0 spiro atoms. The highest BCUT2D eigenvalue weighted by molar-refractivity contribution is 9.10. The van der Waals surface area contributed by atoms with Crippen LogP contribution < -0.4 is 5.32 Å². The third kappa shape index (κ3) is 3.14. The molecule has 0 radical (unpaired) electrons. The number of carbonyl (C=O) groups excluding carboxylic acids is 1. The maximum atomic E-state index is 13.8. The first kappa shape index (κ1) is 15.4. The first-order valence-corrected chi connectivity index (χ1v) is 7.58. The third-order valence-corrected chi connectivity index (χ3v) is 3.79. The average molecular weight is 375 g/mol. The summed E-state index contributed by atoms with van der Waals surface area (Å²) in [4.78, 5) is 16.5. The Morgan fingerprint density at radius 3 is 2.83 bits per heavy atom. The fourth-order valence-electron chi connectivity index (χ4n) is 2.12. The predicted octanol–water partition coefficient (Wildman–Crippen LogP) is 3.73. The summed E-state index contributed by atoms with van der Waals surface area (Å²) >= 11 is 3.18. The second kappa shape index (κ2) is 6.29. The minimum atomic E-state index is -0.512. The molecule has 23 heavy (non-hydrogen) atoms. The zero-order valence-electron chi connectivity index (χ0n) is 12.1. The lowest BCUT2D eigenvalue weighted by atomic mass is 10.2. The molecule has 1 N–H and O–H groups in total. The highest BCUT2D eigenvalue weighted by Crippen LogP contribution is 2.21. The van der Waals surface area contributed by atoms with E-state index in [0.29, 0.717) is 21.5 Å². The van der Waals surface area contributed by atoms with Crippen LogP contribution in [0.15, 0.2) is 53.3 Å². The lowest BCUT2D eigenvalue weighted by Gasteiger charge is -2.07. The van der Waals surface area contributed by atoms with Crippen LogP contribution in [0.25, 0.3) is 5.82 Å². The van der Waals surface area contributed by atoms with E-state index >= 15 is 0 Å². The fourth-order valence-corrected chi connectivity index (χ4v) is 2.46. The second-order valence-corrected chi connectivity index (χ2v) is 5.74. The maximum Gasteiger partial charge on any atom is 0.259 e. The van der Waals surface area contributed by atoms with Crippen molar-refractivity contribution in [1.82, 2.24) is 14.8 Å². The van der Waals surface area contributed by atoms with Crippen LogP contribution in [-0.4, -0.2) is 20.7 Å². The van der Waals surface area contributed by atoms with E-state index in [9.17, 15) is 9.18 Å². The Bertz CT molecular complexity index is 864. The Morgan fingerprint density at radius 1 is 1.30 bits per heavy atom. The van der Waals surface area contributed by atoms with Crippen LogP contribution in [0.5, 0.6) is 0 Å². The number of aromatic nitrogens is 3. The minimum Gasteiger partial charge on any atom is -0.319 e. The number of benzene rings is 1. The number of hydrogen-bond donors (Lipinski definition) is 1. The molecule has 2 aromatic heterocycles. The van der Waals surface area contributed by atoms with Gasteiger partial charge in [-0.3, -0.25) is 4.79 Å². The van der Waals surface area contributed by atoms with Crippen molar-refractivity contribution in [3.05, 3.63) is 70.3 Å². The van der Waals surface area contributed by atoms with Crippen LogP contribution >= 0.6 is 15.9 Å². The molecule has 0 aliphatic carbocycles. The van der Waals surface area contributed by atoms with E-state index in [1.165, 1.54) is 18.3 Å². The molecule has 116 valence electrons. The number of amides is 1. The zero-order chi connectivity index (χ0) is 16.4. The van der Waals surface area contributed by atoms with Crippen LogP contribution in [0.3, 0.4) is 0 Å². The maximum absolute atomic E-state index is 13.8. The van der Waals surface area contributed by atoms with Crippen molar-refractivity contribution in [3.8, 4) is 5.82 Å². The van der Waals surface area contributed by atoms with Gasteiger partial charge >= 0.3 is 0 Å². The molecule has 3 aromatic rings. The minimum absolute atomic E-state index is 0.114. The van der Waals surface area contributed by atoms with E-state index in [-0.39, 0.29) is 5.69 Å². The Kier molecular flexibility index (Phi) is 4.20. The molecule has 1 aromatic carbocycles. The normalized spacial score (nSPS) is 10.6. The van der Waals surface area contributed by atoms with Gasteiger partial charge in [-0.25, -0.2) is 14.1 Å².